The summed E-state index contributed by atoms with van der Waals surface area (Å²) in [6.07, 6.45) is 3.37. The number of aromatic nitrogens is 2. The molecule has 0 unspecified atom stereocenters. The Labute approximate surface area is 122 Å². The van der Waals surface area contributed by atoms with Crippen LogP contribution in [0.15, 0.2) is 60.0 Å². The van der Waals surface area contributed by atoms with Crippen molar-refractivity contribution in [2.45, 2.75) is 6.92 Å². The van der Waals surface area contributed by atoms with Crippen molar-refractivity contribution in [2.75, 3.05) is 5.43 Å². The van der Waals surface area contributed by atoms with Gasteiger partial charge < -0.3 is 5.11 Å². The number of para-hydroxylation sites is 1. The van der Waals surface area contributed by atoms with Gasteiger partial charge in [0, 0.05) is 23.3 Å². The maximum atomic E-state index is 9.86. The molecule has 0 aliphatic carbocycles. The molecule has 0 amide bonds. The Balaban J connectivity index is 1.98. The number of aromatic hydroxyl groups is 1. The van der Waals surface area contributed by atoms with Crippen molar-refractivity contribution in [1.82, 2.24) is 9.97 Å². The minimum atomic E-state index is 0.167. The van der Waals surface area contributed by atoms with Crippen LogP contribution in [0.25, 0.3) is 10.9 Å². The zero-order valence-electron chi connectivity index (χ0n) is 11.5. The van der Waals surface area contributed by atoms with Crippen LogP contribution < -0.4 is 5.43 Å². The third-order valence-corrected chi connectivity index (χ3v) is 3.14. The van der Waals surface area contributed by atoms with Crippen LogP contribution >= 0.6 is 0 Å². The third kappa shape index (κ3) is 2.67. The monoisotopic (exact) mass is 278 g/mol. The van der Waals surface area contributed by atoms with E-state index in [4.69, 9.17) is 0 Å². The number of anilines is 1. The molecule has 0 aliphatic rings. The van der Waals surface area contributed by atoms with Crippen molar-refractivity contribution < 1.29 is 5.11 Å². The number of fused-ring (bicyclic) bond motifs is 1. The normalized spacial score (nSPS) is 11.6. The summed E-state index contributed by atoms with van der Waals surface area (Å²) in [6, 6.07) is 12.8. The predicted octanol–water partition coefficient (Wildman–Crippen LogP) is 3.17. The summed E-state index contributed by atoms with van der Waals surface area (Å²) in [5.74, 6) is 0.845. The highest BCUT2D eigenvalue weighted by Crippen LogP contribution is 2.25. The topological polar surface area (TPSA) is 70.4 Å². The fourth-order valence-corrected chi connectivity index (χ4v) is 2.11. The van der Waals surface area contributed by atoms with Crippen molar-refractivity contribution in [2.24, 2.45) is 5.10 Å². The number of nitrogens with one attached hydrogen (secondary N) is 1. The van der Waals surface area contributed by atoms with Gasteiger partial charge in [-0.05, 0) is 31.2 Å². The molecular formula is C16H14N4O. The van der Waals surface area contributed by atoms with Crippen molar-refractivity contribution in [3.63, 3.8) is 0 Å². The Bertz CT molecular complexity index is 800. The Kier molecular flexibility index (Phi) is 3.47. The van der Waals surface area contributed by atoms with Crippen molar-refractivity contribution in [3.05, 3.63) is 60.4 Å². The summed E-state index contributed by atoms with van der Waals surface area (Å²) in [7, 11) is 0. The van der Waals surface area contributed by atoms with Crippen LogP contribution in [0.2, 0.25) is 0 Å². The smallest absolute Gasteiger partial charge is 0.146 e. The Morgan fingerprint density at radius 1 is 1.05 bits per heavy atom. The van der Waals surface area contributed by atoms with Crippen LogP contribution in [0.1, 0.15) is 12.5 Å². The van der Waals surface area contributed by atoms with E-state index in [0.717, 1.165) is 16.7 Å². The molecule has 0 spiro atoms. The van der Waals surface area contributed by atoms with Crippen LogP contribution in [0.3, 0.4) is 0 Å². The van der Waals surface area contributed by atoms with E-state index < -0.39 is 0 Å². The van der Waals surface area contributed by atoms with Crippen molar-refractivity contribution in [1.29, 1.82) is 0 Å². The molecule has 3 aromatic rings. The molecule has 21 heavy (non-hydrogen) atoms. The van der Waals surface area contributed by atoms with Gasteiger partial charge in [-0.15, -0.1) is 0 Å². The van der Waals surface area contributed by atoms with E-state index >= 15 is 0 Å². The van der Waals surface area contributed by atoms with E-state index in [1.165, 1.54) is 0 Å². The molecule has 2 heterocycles. The standard InChI is InChI=1S/C16H14N4O/c1-11(19-20-15-7-2-3-9-17-15)12-8-10-18-16-13(12)5-4-6-14(16)21/h2-10,21H,1H3,(H,17,20). The Morgan fingerprint density at radius 2 is 1.95 bits per heavy atom. The lowest BCUT2D eigenvalue weighted by Crippen LogP contribution is -2.02. The van der Waals surface area contributed by atoms with Crippen molar-refractivity contribution >= 4 is 22.4 Å². The van der Waals surface area contributed by atoms with Crippen LogP contribution in [-0.4, -0.2) is 20.8 Å². The molecule has 104 valence electrons. The van der Waals surface area contributed by atoms with Gasteiger partial charge in [0.05, 0.1) is 5.71 Å². The fraction of sp³-hybridized carbons (Fsp3) is 0.0625. The van der Waals surface area contributed by atoms with E-state index in [9.17, 15) is 5.11 Å². The molecule has 1 aromatic carbocycles. The molecule has 0 atom stereocenters. The van der Waals surface area contributed by atoms with Gasteiger partial charge in [-0.1, -0.05) is 18.2 Å². The van der Waals surface area contributed by atoms with E-state index in [1.807, 2.05) is 37.3 Å². The molecule has 0 radical (unpaired) electrons. The van der Waals surface area contributed by atoms with Gasteiger partial charge in [-0.2, -0.15) is 5.10 Å². The van der Waals surface area contributed by atoms with Gasteiger partial charge in [-0.3, -0.25) is 10.4 Å². The second kappa shape index (κ2) is 5.58. The van der Waals surface area contributed by atoms with E-state index in [0.29, 0.717) is 11.3 Å². The van der Waals surface area contributed by atoms with Crippen LogP contribution in [0.4, 0.5) is 5.82 Å². The van der Waals surface area contributed by atoms with E-state index in [1.54, 1.807) is 24.5 Å². The lowest BCUT2D eigenvalue weighted by atomic mass is 10.1. The molecule has 0 fully saturated rings. The number of nitrogens with zero attached hydrogens (tertiary/aromatic N) is 3. The Hall–Kier alpha value is -2.95. The first-order valence-electron chi connectivity index (χ1n) is 6.54. The van der Waals surface area contributed by atoms with Gasteiger partial charge >= 0.3 is 0 Å². The summed E-state index contributed by atoms with van der Waals surface area (Å²) in [5, 5.41) is 15.1. The molecule has 2 N–H and O–H groups in total. The van der Waals surface area contributed by atoms with E-state index in [-0.39, 0.29) is 5.75 Å². The number of hydrazone groups is 1. The van der Waals surface area contributed by atoms with Crippen LogP contribution in [-0.2, 0) is 0 Å². The summed E-state index contributed by atoms with van der Waals surface area (Å²) >= 11 is 0. The summed E-state index contributed by atoms with van der Waals surface area (Å²) in [6.45, 7) is 1.90. The van der Waals surface area contributed by atoms with Crippen molar-refractivity contribution in [3.8, 4) is 5.75 Å². The minimum Gasteiger partial charge on any atom is -0.506 e. The quantitative estimate of drug-likeness (QED) is 0.570. The number of phenols is 1. The molecule has 0 bridgehead atoms. The molecule has 0 saturated heterocycles. The highest BCUT2D eigenvalue weighted by atomic mass is 16.3. The lowest BCUT2D eigenvalue weighted by molar-refractivity contribution is 0.480. The van der Waals surface area contributed by atoms with Gasteiger partial charge in [0.1, 0.15) is 17.1 Å². The second-order valence-electron chi connectivity index (χ2n) is 4.56. The first-order chi connectivity index (χ1) is 10.3. The highest BCUT2D eigenvalue weighted by molar-refractivity contribution is 6.09. The van der Waals surface area contributed by atoms with Crippen LogP contribution in [0, 0.1) is 0 Å². The lowest BCUT2D eigenvalue weighted by Gasteiger charge is -2.07. The third-order valence-electron chi connectivity index (χ3n) is 3.14. The maximum absolute atomic E-state index is 9.86. The highest BCUT2D eigenvalue weighted by Gasteiger charge is 2.07. The number of benzene rings is 1. The second-order valence-corrected chi connectivity index (χ2v) is 4.56. The number of pyridine rings is 2. The zero-order chi connectivity index (χ0) is 14.7. The number of phenolic OH excluding ortho intramolecular Hbond substituents is 1. The zero-order valence-corrected chi connectivity index (χ0v) is 11.5. The average Bonchev–Trinajstić information content (AvgIpc) is 2.53. The first-order valence-corrected chi connectivity index (χ1v) is 6.54. The Morgan fingerprint density at radius 3 is 2.76 bits per heavy atom. The van der Waals surface area contributed by atoms with Crippen LogP contribution in [0.5, 0.6) is 5.75 Å². The van der Waals surface area contributed by atoms with Gasteiger partial charge in [0.15, 0.2) is 0 Å². The summed E-state index contributed by atoms with van der Waals surface area (Å²) in [5.41, 5.74) is 5.19. The molecular weight excluding hydrogens is 264 g/mol. The van der Waals surface area contributed by atoms with Gasteiger partial charge in [0.25, 0.3) is 0 Å². The summed E-state index contributed by atoms with van der Waals surface area (Å²) in [4.78, 5) is 8.35. The largest absolute Gasteiger partial charge is 0.506 e. The van der Waals surface area contributed by atoms with E-state index in [2.05, 4.69) is 20.5 Å². The predicted molar refractivity (Wildman–Crippen MR) is 83.5 cm³/mol. The SMILES string of the molecule is CC(=NNc1ccccn1)c1ccnc2c(O)cccc12. The molecule has 5 heteroatoms. The molecule has 0 saturated carbocycles. The number of rotatable bonds is 3. The fourth-order valence-electron chi connectivity index (χ4n) is 2.11. The van der Waals surface area contributed by atoms with Gasteiger partial charge in [-0.25, -0.2) is 4.98 Å². The molecule has 0 aliphatic heterocycles. The minimum absolute atomic E-state index is 0.167. The maximum Gasteiger partial charge on any atom is 0.146 e. The number of hydrogen-bond donors (Lipinski definition) is 2. The summed E-state index contributed by atoms with van der Waals surface area (Å²) < 4.78 is 0. The molecule has 5 nitrogen and oxygen atoms in total. The molecule has 3 rings (SSSR count). The number of hydrogen-bond acceptors (Lipinski definition) is 5. The average molecular weight is 278 g/mol. The molecule has 2 aromatic heterocycles. The first kappa shape index (κ1) is 13.1. The van der Waals surface area contributed by atoms with Gasteiger partial charge in [0.2, 0.25) is 0 Å².